The van der Waals surface area contributed by atoms with Crippen molar-refractivity contribution in [2.24, 2.45) is 11.7 Å². The molecule has 2 N–H and O–H groups in total. The van der Waals surface area contributed by atoms with Crippen LogP contribution in [0.2, 0.25) is 5.02 Å². The van der Waals surface area contributed by atoms with Gasteiger partial charge in [0.2, 0.25) is 5.91 Å². The zero-order valence-electron chi connectivity index (χ0n) is 11.9. The molecule has 0 bridgehead atoms. The Kier molecular flexibility index (Phi) is 5.86. The second kappa shape index (κ2) is 7.65. The Bertz CT molecular complexity index is 429. The van der Waals surface area contributed by atoms with Gasteiger partial charge in [0.1, 0.15) is 0 Å². The summed E-state index contributed by atoms with van der Waals surface area (Å²) in [5, 5.41) is 0.752. The van der Waals surface area contributed by atoms with Gasteiger partial charge >= 0.3 is 0 Å². The van der Waals surface area contributed by atoms with E-state index in [1.807, 2.05) is 29.2 Å². The lowest BCUT2D eigenvalue weighted by atomic mass is 10.1. The summed E-state index contributed by atoms with van der Waals surface area (Å²) in [6.45, 7) is 2.29. The van der Waals surface area contributed by atoms with Gasteiger partial charge in [-0.2, -0.15) is 0 Å². The minimum absolute atomic E-state index is 0.247. The summed E-state index contributed by atoms with van der Waals surface area (Å²) in [7, 11) is 0. The molecule has 0 radical (unpaired) electrons. The zero-order valence-corrected chi connectivity index (χ0v) is 12.6. The Hall–Kier alpha value is -1.06. The van der Waals surface area contributed by atoms with Gasteiger partial charge in [0, 0.05) is 24.5 Å². The van der Waals surface area contributed by atoms with E-state index in [1.54, 1.807) is 0 Å². The number of halogens is 1. The van der Waals surface area contributed by atoms with E-state index in [2.05, 4.69) is 0 Å². The second-order valence-electron chi connectivity index (χ2n) is 5.55. The van der Waals surface area contributed by atoms with E-state index in [0.717, 1.165) is 36.9 Å². The molecule has 0 saturated heterocycles. The van der Waals surface area contributed by atoms with Crippen molar-refractivity contribution in [3.63, 3.8) is 0 Å². The molecule has 0 unspecified atom stereocenters. The molecule has 1 amide bonds. The molecule has 1 saturated carbocycles. The molecule has 2 rings (SSSR count). The molecule has 1 aliphatic carbocycles. The third kappa shape index (κ3) is 5.14. The standard InChI is InChI=1S/C16H23ClN2O/c17-15-7-5-13(6-8-15)9-11-19(12-14-3-4-14)16(20)2-1-10-18/h5-8,14H,1-4,9-12,18H2. The summed E-state index contributed by atoms with van der Waals surface area (Å²) in [6, 6.07) is 7.86. The van der Waals surface area contributed by atoms with E-state index in [-0.39, 0.29) is 5.91 Å². The Morgan fingerprint density at radius 3 is 2.60 bits per heavy atom. The topological polar surface area (TPSA) is 46.3 Å². The molecule has 110 valence electrons. The minimum Gasteiger partial charge on any atom is -0.342 e. The highest BCUT2D eigenvalue weighted by molar-refractivity contribution is 6.30. The summed E-state index contributed by atoms with van der Waals surface area (Å²) < 4.78 is 0. The highest BCUT2D eigenvalue weighted by Crippen LogP contribution is 2.30. The van der Waals surface area contributed by atoms with Crippen LogP contribution in [0.15, 0.2) is 24.3 Å². The predicted molar refractivity (Wildman–Crippen MR) is 82.7 cm³/mol. The highest BCUT2D eigenvalue weighted by Gasteiger charge is 2.26. The molecule has 0 aliphatic heterocycles. The lowest BCUT2D eigenvalue weighted by molar-refractivity contribution is -0.131. The maximum atomic E-state index is 12.2. The van der Waals surface area contributed by atoms with Crippen LogP contribution in [0.25, 0.3) is 0 Å². The molecule has 1 aliphatic rings. The maximum absolute atomic E-state index is 12.2. The third-order valence-electron chi connectivity index (χ3n) is 3.71. The maximum Gasteiger partial charge on any atom is 0.222 e. The lowest BCUT2D eigenvalue weighted by Gasteiger charge is -2.23. The van der Waals surface area contributed by atoms with Crippen LogP contribution < -0.4 is 5.73 Å². The van der Waals surface area contributed by atoms with Crippen LogP contribution in [0.4, 0.5) is 0 Å². The summed E-state index contributed by atoms with van der Waals surface area (Å²) in [6.07, 6.45) is 4.77. The van der Waals surface area contributed by atoms with E-state index < -0.39 is 0 Å². The monoisotopic (exact) mass is 294 g/mol. The van der Waals surface area contributed by atoms with Gasteiger partial charge in [-0.05, 0) is 55.8 Å². The van der Waals surface area contributed by atoms with Gasteiger partial charge in [-0.25, -0.2) is 0 Å². The number of carbonyl (C=O) groups excluding carboxylic acids is 1. The Labute approximate surface area is 126 Å². The first-order chi connectivity index (χ1) is 9.69. The minimum atomic E-state index is 0.247. The van der Waals surface area contributed by atoms with Crippen LogP contribution in [-0.4, -0.2) is 30.4 Å². The molecule has 0 atom stereocenters. The van der Waals surface area contributed by atoms with Gasteiger partial charge in [0.15, 0.2) is 0 Å². The number of hydrogen-bond acceptors (Lipinski definition) is 2. The van der Waals surface area contributed by atoms with Crippen LogP contribution in [-0.2, 0) is 11.2 Å². The van der Waals surface area contributed by atoms with Crippen molar-refractivity contribution < 1.29 is 4.79 Å². The highest BCUT2D eigenvalue weighted by atomic mass is 35.5. The SMILES string of the molecule is NCCCC(=O)N(CCc1ccc(Cl)cc1)CC1CC1. The first-order valence-electron chi connectivity index (χ1n) is 7.41. The summed E-state index contributed by atoms with van der Waals surface area (Å²) in [4.78, 5) is 14.2. The van der Waals surface area contributed by atoms with Gasteiger partial charge in [-0.15, -0.1) is 0 Å². The Balaban J connectivity index is 1.85. The zero-order chi connectivity index (χ0) is 14.4. The Morgan fingerprint density at radius 2 is 2.00 bits per heavy atom. The van der Waals surface area contributed by atoms with E-state index in [1.165, 1.54) is 18.4 Å². The fourth-order valence-electron chi connectivity index (χ4n) is 2.26. The van der Waals surface area contributed by atoms with Crippen molar-refractivity contribution in [1.29, 1.82) is 0 Å². The van der Waals surface area contributed by atoms with Gasteiger partial charge < -0.3 is 10.6 Å². The van der Waals surface area contributed by atoms with E-state index in [0.29, 0.717) is 13.0 Å². The first kappa shape index (κ1) is 15.3. The van der Waals surface area contributed by atoms with Crippen molar-refractivity contribution >= 4 is 17.5 Å². The molecule has 1 fully saturated rings. The van der Waals surface area contributed by atoms with Crippen molar-refractivity contribution in [2.75, 3.05) is 19.6 Å². The van der Waals surface area contributed by atoms with Gasteiger partial charge in [0.05, 0.1) is 0 Å². The van der Waals surface area contributed by atoms with Crippen LogP contribution in [0.5, 0.6) is 0 Å². The molecule has 0 heterocycles. The number of rotatable bonds is 8. The van der Waals surface area contributed by atoms with Crippen molar-refractivity contribution in [3.05, 3.63) is 34.9 Å². The molecule has 20 heavy (non-hydrogen) atoms. The molecule has 0 spiro atoms. The number of carbonyl (C=O) groups is 1. The van der Waals surface area contributed by atoms with Crippen LogP contribution in [0.1, 0.15) is 31.2 Å². The average Bonchev–Trinajstić information content (AvgIpc) is 3.26. The fourth-order valence-corrected chi connectivity index (χ4v) is 2.38. The molecule has 1 aromatic carbocycles. The van der Waals surface area contributed by atoms with Gasteiger partial charge in [-0.1, -0.05) is 23.7 Å². The molecular weight excluding hydrogens is 272 g/mol. The molecule has 0 aromatic heterocycles. The van der Waals surface area contributed by atoms with E-state index in [9.17, 15) is 4.79 Å². The lowest BCUT2D eigenvalue weighted by Crippen LogP contribution is -2.34. The number of nitrogens with zero attached hydrogens (tertiary/aromatic N) is 1. The molecule has 3 nitrogen and oxygen atoms in total. The average molecular weight is 295 g/mol. The van der Waals surface area contributed by atoms with Crippen molar-refractivity contribution in [1.82, 2.24) is 4.90 Å². The first-order valence-corrected chi connectivity index (χ1v) is 7.79. The van der Waals surface area contributed by atoms with Gasteiger partial charge in [-0.3, -0.25) is 4.79 Å². The predicted octanol–water partition coefficient (Wildman–Crippen LogP) is 2.86. The summed E-state index contributed by atoms with van der Waals surface area (Å²) in [5.74, 6) is 0.971. The summed E-state index contributed by atoms with van der Waals surface area (Å²) >= 11 is 5.88. The van der Waals surface area contributed by atoms with Crippen molar-refractivity contribution in [2.45, 2.75) is 32.1 Å². The third-order valence-corrected chi connectivity index (χ3v) is 3.96. The fraction of sp³-hybridized carbons (Fsp3) is 0.562. The number of nitrogens with two attached hydrogens (primary N) is 1. The number of benzene rings is 1. The van der Waals surface area contributed by atoms with Crippen LogP contribution >= 0.6 is 11.6 Å². The van der Waals surface area contributed by atoms with E-state index in [4.69, 9.17) is 17.3 Å². The number of hydrogen-bond donors (Lipinski definition) is 1. The largest absolute Gasteiger partial charge is 0.342 e. The quantitative estimate of drug-likeness (QED) is 0.801. The second-order valence-corrected chi connectivity index (χ2v) is 5.99. The molecule has 4 heteroatoms. The van der Waals surface area contributed by atoms with Crippen molar-refractivity contribution in [3.8, 4) is 0 Å². The summed E-state index contributed by atoms with van der Waals surface area (Å²) in [5.41, 5.74) is 6.71. The van der Waals surface area contributed by atoms with Crippen LogP contribution in [0, 0.1) is 5.92 Å². The van der Waals surface area contributed by atoms with Crippen LogP contribution in [0.3, 0.4) is 0 Å². The van der Waals surface area contributed by atoms with E-state index >= 15 is 0 Å². The number of amides is 1. The van der Waals surface area contributed by atoms with Gasteiger partial charge in [0.25, 0.3) is 0 Å². The Morgan fingerprint density at radius 1 is 1.30 bits per heavy atom. The normalized spacial score (nSPS) is 14.3. The molecule has 1 aromatic rings. The molecular formula is C16H23ClN2O. The smallest absolute Gasteiger partial charge is 0.222 e.